The molecule has 1 N–H and O–H groups in total. The fraction of sp³-hybridized carbons (Fsp3) is 0.400. The molecule has 1 aromatic carbocycles. The van der Waals surface area contributed by atoms with E-state index in [0.29, 0.717) is 13.2 Å². The lowest BCUT2D eigenvalue weighted by Crippen LogP contribution is -2.10. The van der Waals surface area contributed by atoms with E-state index in [2.05, 4.69) is 20.9 Å². The van der Waals surface area contributed by atoms with Crippen LogP contribution in [0.4, 0.5) is 5.95 Å². The fourth-order valence-corrected chi connectivity index (χ4v) is 2.01. The Bertz CT molecular complexity index is 552. The minimum atomic E-state index is 0.670. The number of imidazole rings is 1. The minimum absolute atomic E-state index is 0.670. The lowest BCUT2D eigenvalue weighted by atomic mass is 10.2. The Hall–Kier alpha value is -2.01. The zero-order chi connectivity index (χ0) is 14.4. The molecule has 2 aromatic rings. The van der Waals surface area contributed by atoms with E-state index in [1.807, 2.05) is 31.3 Å². The van der Waals surface area contributed by atoms with Gasteiger partial charge in [0.25, 0.3) is 0 Å². The third kappa shape index (κ3) is 3.74. The van der Waals surface area contributed by atoms with Crippen molar-refractivity contribution in [2.24, 2.45) is 0 Å². The van der Waals surface area contributed by atoms with Gasteiger partial charge >= 0.3 is 0 Å². The van der Waals surface area contributed by atoms with Crippen LogP contribution < -0.4 is 10.1 Å². The second kappa shape index (κ2) is 6.96. The summed E-state index contributed by atoms with van der Waals surface area (Å²) >= 11 is 0. The second-order valence-electron chi connectivity index (χ2n) is 4.60. The molecule has 2 rings (SSSR count). The highest BCUT2D eigenvalue weighted by Crippen LogP contribution is 2.15. The maximum absolute atomic E-state index is 5.22. The maximum Gasteiger partial charge on any atom is 0.203 e. The number of anilines is 1. The van der Waals surface area contributed by atoms with Crippen LogP contribution in [0.3, 0.4) is 0 Å². The van der Waals surface area contributed by atoms with Gasteiger partial charge < -0.3 is 19.4 Å². The summed E-state index contributed by atoms with van der Waals surface area (Å²) in [5.74, 6) is 1.73. The van der Waals surface area contributed by atoms with Gasteiger partial charge in [0.2, 0.25) is 5.95 Å². The highest BCUT2D eigenvalue weighted by atomic mass is 16.5. The van der Waals surface area contributed by atoms with Crippen molar-refractivity contribution in [2.75, 3.05) is 26.1 Å². The van der Waals surface area contributed by atoms with Gasteiger partial charge in [-0.05, 0) is 24.6 Å². The van der Waals surface area contributed by atoms with Gasteiger partial charge in [0.15, 0.2) is 0 Å². The molecule has 0 amide bonds. The standard InChI is InChI=1S/C15H21N3O2/c1-12-11-18(7-8-19-2)15(17-12)16-10-13-5-4-6-14(9-13)20-3/h4-6,9,11H,7-8,10H2,1-3H3,(H,16,17). The van der Waals surface area contributed by atoms with Crippen molar-refractivity contribution in [1.29, 1.82) is 0 Å². The molecular formula is C15H21N3O2. The van der Waals surface area contributed by atoms with Gasteiger partial charge in [0.1, 0.15) is 5.75 Å². The molecule has 0 aliphatic heterocycles. The van der Waals surface area contributed by atoms with Gasteiger partial charge in [-0.2, -0.15) is 0 Å². The molecule has 0 aliphatic carbocycles. The number of hydrogen-bond acceptors (Lipinski definition) is 4. The first kappa shape index (κ1) is 14.4. The normalized spacial score (nSPS) is 10.6. The molecular weight excluding hydrogens is 254 g/mol. The maximum atomic E-state index is 5.22. The van der Waals surface area contributed by atoms with Crippen LogP contribution in [0.5, 0.6) is 5.75 Å². The van der Waals surface area contributed by atoms with E-state index in [1.54, 1.807) is 14.2 Å². The smallest absolute Gasteiger partial charge is 0.203 e. The van der Waals surface area contributed by atoms with Crippen LogP contribution in [0, 0.1) is 6.92 Å². The van der Waals surface area contributed by atoms with Crippen LogP contribution in [0.15, 0.2) is 30.5 Å². The van der Waals surface area contributed by atoms with Crippen molar-refractivity contribution in [2.45, 2.75) is 20.0 Å². The molecule has 0 bridgehead atoms. The Morgan fingerprint density at radius 2 is 2.15 bits per heavy atom. The van der Waals surface area contributed by atoms with Crippen LogP contribution in [0.1, 0.15) is 11.3 Å². The van der Waals surface area contributed by atoms with E-state index in [1.165, 1.54) is 0 Å². The Balaban J connectivity index is 2.02. The van der Waals surface area contributed by atoms with Crippen molar-refractivity contribution in [1.82, 2.24) is 9.55 Å². The fourth-order valence-electron chi connectivity index (χ4n) is 2.01. The summed E-state index contributed by atoms with van der Waals surface area (Å²) in [5, 5.41) is 3.35. The monoisotopic (exact) mass is 275 g/mol. The molecule has 0 radical (unpaired) electrons. The van der Waals surface area contributed by atoms with E-state index in [0.717, 1.165) is 29.5 Å². The summed E-state index contributed by atoms with van der Waals surface area (Å²) in [4.78, 5) is 4.49. The number of rotatable bonds is 7. The summed E-state index contributed by atoms with van der Waals surface area (Å²) in [6, 6.07) is 8.00. The van der Waals surface area contributed by atoms with Crippen LogP contribution in [0.2, 0.25) is 0 Å². The molecule has 0 aliphatic rings. The number of aryl methyl sites for hydroxylation is 1. The highest BCUT2D eigenvalue weighted by molar-refractivity contribution is 5.34. The van der Waals surface area contributed by atoms with Crippen molar-refractivity contribution >= 4 is 5.95 Å². The first-order valence-corrected chi connectivity index (χ1v) is 6.62. The Morgan fingerprint density at radius 3 is 2.90 bits per heavy atom. The molecule has 0 unspecified atom stereocenters. The van der Waals surface area contributed by atoms with Crippen molar-refractivity contribution < 1.29 is 9.47 Å². The summed E-state index contributed by atoms with van der Waals surface area (Å²) in [6.07, 6.45) is 2.02. The molecule has 1 heterocycles. The third-order valence-corrected chi connectivity index (χ3v) is 3.02. The zero-order valence-electron chi connectivity index (χ0n) is 12.2. The minimum Gasteiger partial charge on any atom is -0.497 e. The van der Waals surface area contributed by atoms with Crippen LogP contribution in [0.25, 0.3) is 0 Å². The van der Waals surface area contributed by atoms with Gasteiger partial charge in [0, 0.05) is 26.4 Å². The van der Waals surface area contributed by atoms with Crippen LogP contribution >= 0.6 is 0 Å². The predicted octanol–water partition coefficient (Wildman–Crippen LogP) is 2.46. The molecule has 5 heteroatoms. The molecule has 0 atom stereocenters. The molecule has 5 nitrogen and oxygen atoms in total. The summed E-state index contributed by atoms with van der Waals surface area (Å²) in [6.45, 7) is 4.15. The van der Waals surface area contributed by atoms with E-state index in [4.69, 9.17) is 9.47 Å². The quantitative estimate of drug-likeness (QED) is 0.843. The Morgan fingerprint density at radius 1 is 1.30 bits per heavy atom. The molecule has 20 heavy (non-hydrogen) atoms. The molecule has 0 saturated heterocycles. The molecule has 0 spiro atoms. The SMILES string of the molecule is COCCn1cc(C)nc1NCc1cccc(OC)c1. The van der Waals surface area contributed by atoms with Crippen LogP contribution in [-0.4, -0.2) is 30.4 Å². The summed E-state index contributed by atoms with van der Waals surface area (Å²) in [7, 11) is 3.38. The lowest BCUT2D eigenvalue weighted by Gasteiger charge is -2.10. The molecule has 0 fully saturated rings. The average molecular weight is 275 g/mol. The van der Waals surface area contributed by atoms with E-state index >= 15 is 0 Å². The van der Waals surface area contributed by atoms with Gasteiger partial charge in [0.05, 0.1) is 19.4 Å². The van der Waals surface area contributed by atoms with Crippen molar-refractivity contribution in [3.05, 3.63) is 41.7 Å². The average Bonchev–Trinajstić information content (AvgIpc) is 2.83. The van der Waals surface area contributed by atoms with E-state index in [9.17, 15) is 0 Å². The Labute approximate surface area is 119 Å². The molecule has 108 valence electrons. The predicted molar refractivity (Wildman–Crippen MR) is 79.2 cm³/mol. The number of aromatic nitrogens is 2. The van der Waals surface area contributed by atoms with Crippen molar-refractivity contribution in [3.63, 3.8) is 0 Å². The van der Waals surface area contributed by atoms with Gasteiger partial charge in [-0.15, -0.1) is 0 Å². The second-order valence-corrected chi connectivity index (χ2v) is 4.60. The topological polar surface area (TPSA) is 48.3 Å². The Kier molecular flexibility index (Phi) is 5.01. The number of benzene rings is 1. The van der Waals surface area contributed by atoms with E-state index in [-0.39, 0.29) is 0 Å². The first-order chi connectivity index (χ1) is 9.72. The third-order valence-electron chi connectivity index (χ3n) is 3.02. The first-order valence-electron chi connectivity index (χ1n) is 6.62. The summed E-state index contributed by atoms with van der Waals surface area (Å²) in [5.41, 5.74) is 2.15. The number of nitrogens with zero attached hydrogens (tertiary/aromatic N) is 2. The molecule has 1 aromatic heterocycles. The number of ether oxygens (including phenoxy) is 2. The van der Waals surface area contributed by atoms with Crippen molar-refractivity contribution in [3.8, 4) is 5.75 Å². The van der Waals surface area contributed by atoms with Gasteiger partial charge in [-0.1, -0.05) is 12.1 Å². The summed E-state index contributed by atoms with van der Waals surface area (Å²) < 4.78 is 12.4. The van der Waals surface area contributed by atoms with E-state index < -0.39 is 0 Å². The van der Waals surface area contributed by atoms with Crippen LogP contribution in [-0.2, 0) is 17.8 Å². The van der Waals surface area contributed by atoms with Gasteiger partial charge in [-0.3, -0.25) is 0 Å². The molecule has 0 saturated carbocycles. The number of nitrogens with one attached hydrogen (secondary N) is 1. The van der Waals surface area contributed by atoms with Gasteiger partial charge in [-0.25, -0.2) is 4.98 Å². The largest absolute Gasteiger partial charge is 0.497 e. The zero-order valence-corrected chi connectivity index (χ0v) is 12.2. The lowest BCUT2D eigenvalue weighted by molar-refractivity contribution is 0.187. The highest BCUT2D eigenvalue weighted by Gasteiger charge is 2.05. The number of methoxy groups -OCH3 is 2. The number of hydrogen-bond donors (Lipinski definition) is 1.